The molecule has 3 fully saturated rings. The molecule has 4 rings (SSSR count). The smallest absolute Gasteiger partial charge is 0.170 e. The van der Waals surface area contributed by atoms with Crippen LogP contribution in [0, 0.1) is 29.6 Å². The predicted octanol–water partition coefficient (Wildman–Crippen LogP) is 3.95. The Bertz CT molecular complexity index is 532. The van der Waals surface area contributed by atoms with Crippen molar-refractivity contribution in [3.63, 3.8) is 0 Å². The number of hydrogen-bond acceptors (Lipinski definition) is 2. The number of benzene rings is 1. The zero-order valence-electron chi connectivity index (χ0n) is 12.2. The van der Waals surface area contributed by atoms with Gasteiger partial charge in [0.2, 0.25) is 0 Å². The molecule has 0 spiro atoms. The first-order valence-electron chi connectivity index (χ1n) is 7.96. The molecule has 1 aromatic carbocycles. The highest BCUT2D eigenvalue weighted by Crippen LogP contribution is 2.70. The minimum atomic E-state index is 0.110. The fourth-order valence-electron chi connectivity index (χ4n) is 4.88. The lowest BCUT2D eigenvalue weighted by Gasteiger charge is -2.14. The maximum atomic E-state index is 12.9. The van der Waals surface area contributed by atoms with Crippen LogP contribution in [0.4, 0.5) is 0 Å². The molecule has 2 nitrogen and oxygen atoms in total. The predicted molar refractivity (Wildman–Crippen MR) is 77.8 cm³/mol. The number of carbonyl (C=O) groups is 1. The molecule has 2 bridgehead atoms. The number of hydrogen-bond donors (Lipinski definition) is 0. The molecule has 4 unspecified atom stereocenters. The topological polar surface area (TPSA) is 26.3 Å². The molecule has 2 heteroatoms. The number of fused-ring (bicyclic) bond motifs is 5. The number of carbonyl (C=O) groups excluding carboxylic acids is 1. The summed E-state index contributed by atoms with van der Waals surface area (Å²) in [5, 5.41) is 0. The van der Waals surface area contributed by atoms with Crippen molar-refractivity contribution in [1.82, 2.24) is 0 Å². The molecule has 20 heavy (non-hydrogen) atoms. The van der Waals surface area contributed by atoms with Crippen LogP contribution in [0.5, 0.6) is 5.75 Å². The number of rotatable bonds is 4. The normalized spacial score (nSPS) is 37.0. The van der Waals surface area contributed by atoms with E-state index in [1.165, 1.54) is 19.3 Å². The zero-order chi connectivity index (χ0) is 13.9. The van der Waals surface area contributed by atoms with E-state index in [1.807, 2.05) is 38.1 Å². The van der Waals surface area contributed by atoms with Gasteiger partial charge < -0.3 is 4.74 Å². The second kappa shape index (κ2) is 4.34. The summed E-state index contributed by atoms with van der Waals surface area (Å²) < 4.78 is 5.82. The summed E-state index contributed by atoms with van der Waals surface area (Å²) in [4.78, 5) is 12.9. The van der Waals surface area contributed by atoms with Crippen LogP contribution in [0.3, 0.4) is 0 Å². The van der Waals surface area contributed by atoms with Crippen molar-refractivity contribution in [2.24, 2.45) is 29.6 Å². The number of ether oxygens (including phenoxy) is 1. The van der Waals surface area contributed by atoms with Crippen molar-refractivity contribution in [2.45, 2.75) is 39.2 Å². The van der Waals surface area contributed by atoms with Crippen LogP contribution in [0.2, 0.25) is 0 Å². The fraction of sp³-hybridized carbons (Fsp3) is 0.611. The summed E-state index contributed by atoms with van der Waals surface area (Å²) in [7, 11) is 0. The molecule has 106 valence electrons. The summed E-state index contributed by atoms with van der Waals surface area (Å²) in [6.07, 6.45) is 4.22. The van der Waals surface area contributed by atoms with Gasteiger partial charge >= 0.3 is 0 Å². The van der Waals surface area contributed by atoms with Gasteiger partial charge in [-0.05, 0) is 68.9 Å². The third kappa shape index (κ3) is 1.73. The first-order chi connectivity index (χ1) is 9.66. The Labute approximate surface area is 120 Å². The Kier molecular flexibility index (Phi) is 2.70. The van der Waals surface area contributed by atoms with Gasteiger partial charge in [0.15, 0.2) is 5.78 Å². The van der Waals surface area contributed by atoms with Gasteiger partial charge in [0.1, 0.15) is 5.75 Å². The van der Waals surface area contributed by atoms with Crippen LogP contribution >= 0.6 is 0 Å². The molecule has 3 saturated carbocycles. The summed E-state index contributed by atoms with van der Waals surface area (Å²) in [6, 6.07) is 7.77. The maximum absolute atomic E-state index is 12.9. The van der Waals surface area contributed by atoms with Crippen molar-refractivity contribution >= 4 is 5.78 Å². The molecule has 0 aromatic heterocycles. The van der Waals surface area contributed by atoms with Crippen molar-refractivity contribution in [1.29, 1.82) is 0 Å². The standard InChI is InChI=1S/C18H22O2/c1-10(2)20-14-6-4-3-5-13(14)18(19)17-15-11-7-8-12(9-11)16(15)17/h3-6,10-12,15-17H,7-9H2,1-2H3. The van der Waals surface area contributed by atoms with E-state index in [-0.39, 0.29) is 6.10 Å². The zero-order valence-corrected chi connectivity index (χ0v) is 12.2. The molecule has 1 aromatic rings. The molecular formula is C18H22O2. The third-order valence-electron chi connectivity index (χ3n) is 5.55. The second-order valence-corrected chi connectivity index (χ2v) is 7.04. The lowest BCUT2D eigenvalue weighted by atomic mass is 9.96. The average Bonchev–Trinajstić information content (AvgIpc) is 2.86. The highest BCUT2D eigenvalue weighted by atomic mass is 16.5. The molecule has 0 saturated heterocycles. The van der Waals surface area contributed by atoms with E-state index in [9.17, 15) is 4.79 Å². The van der Waals surface area contributed by atoms with E-state index < -0.39 is 0 Å². The summed E-state index contributed by atoms with van der Waals surface area (Å²) in [6.45, 7) is 4.01. The van der Waals surface area contributed by atoms with Gasteiger partial charge in [-0.15, -0.1) is 0 Å². The fourth-order valence-corrected chi connectivity index (χ4v) is 4.88. The number of ketones is 1. The largest absolute Gasteiger partial charge is 0.490 e. The van der Waals surface area contributed by atoms with Gasteiger partial charge in [0, 0.05) is 5.92 Å². The molecule has 3 aliphatic rings. The van der Waals surface area contributed by atoms with Crippen molar-refractivity contribution < 1.29 is 9.53 Å². The first-order valence-corrected chi connectivity index (χ1v) is 7.96. The monoisotopic (exact) mass is 270 g/mol. The van der Waals surface area contributed by atoms with Crippen LogP contribution in [0.15, 0.2) is 24.3 Å². The van der Waals surface area contributed by atoms with E-state index >= 15 is 0 Å². The SMILES string of the molecule is CC(C)Oc1ccccc1C(=O)C1C2C3CCC(C3)C12. The van der Waals surface area contributed by atoms with E-state index in [1.54, 1.807) is 0 Å². The Morgan fingerprint density at radius 3 is 2.45 bits per heavy atom. The van der Waals surface area contributed by atoms with Crippen LogP contribution in [-0.4, -0.2) is 11.9 Å². The lowest BCUT2D eigenvalue weighted by Crippen LogP contribution is -2.14. The number of para-hydroxylation sites is 1. The summed E-state index contributed by atoms with van der Waals surface area (Å²) in [5.74, 6) is 4.51. The lowest BCUT2D eigenvalue weighted by molar-refractivity contribution is 0.0938. The summed E-state index contributed by atoms with van der Waals surface area (Å²) in [5.41, 5.74) is 0.806. The third-order valence-corrected chi connectivity index (χ3v) is 5.55. The van der Waals surface area contributed by atoms with Crippen molar-refractivity contribution in [2.75, 3.05) is 0 Å². The Hall–Kier alpha value is -1.31. The highest BCUT2D eigenvalue weighted by Gasteiger charge is 2.67. The minimum absolute atomic E-state index is 0.110. The van der Waals surface area contributed by atoms with Gasteiger partial charge in [-0.2, -0.15) is 0 Å². The molecule has 3 aliphatic carbocycles. The molecule has 0 amide bonds. The van der Waals surface area contributed by atoms with Crippen molar-refractivity contribution in [3.05, 3.63) is 29.8 Å². The van der Waals surface area contributed by atoms with Gasteiger partial charge in [0.25, 0.3) is 0 Å². The van der Waals surface area contributed by atoms with Crippen LogP contribution < -0.4 is 4.74 Å². The van der Waals surface area contributed by atoms with Crippen LogP contribution in [0.25, 0.3) is 0 Å². The Morgan fingerprint density at radius 1 is 1.15 bits per heavy atom. The summed E-state index contributed by atoms with van der Waals surface area (Å²) >= 11 is 0. The molecule has 4 atom stereocenters. The van der Waals surface area contributed by atoms with E-state index in [4.69, 9.17) is 4.74 Å². The van der Waals surface area contributed by atoms with Crippen molar-refractivity contribution in [3.8, 4) is 5.75 Å². The number of Topliss-reactive ketones (excluding diaryl/α,β-unsaturated/α-hetero) is 1. The molecule has 0 N–H and O–H groups in total. The van der Waals surface area contributed by atoms with Crippen LogP contribution in [0.1, 0.15) is 43.5 Å². The molecular weight excluding hydrogens is 248 g/mol. The van der Waals surface area contributed by atoms with Gasteiger partial charge in [0.05, 0.1) is 11.7 Å². The Balaban J connectivity index is 1.58. The first kappa shape index (κ1) is 12.4. The van der Waals surface area contributed by atoms with Gasteiger partial charge in [-0.25, -0.2) is 0 Å². The van der Waals surface area contributed by atoms with E-state index in [2.05, 4.69) is 0 Å². The van der Waals surface area contributed by atoms with Crippen LogP contribution in [-0.2, 0) is 0 Å². The average molecular weight is 270 g/mol. The highest BCUT2D eigenvalue weighted by molar-refractivity contribution is 6.02. The Morgan fingerprint density at radius 2 is 1.80 bits per heavy atom. The molecule has 0 aliphatic heterocycles. The van der Waals surface area contributed by atoms with Gasteiger partial charge in [-0.1, -0.05) is 12.1 Å². The quantitative estimate of drug-likeness (QED) is 0.774. The second-order valence-electron chi connectivity index (χ2n) is 7.04. The van der Waals surface area contributed by atoms with E-state index in [0.29, 0.717) is 23.5 Å². The molecule has 0 radical (unpaired) electrons. The maximum Gasteiger partial charge on any atom is 0.170 e. The molecule has 0 heterocycles. The van der Waals surface area contributed by atoms with Gasteiger partial charge in [-0.3, -0.25) is 4.79 Å². The van der Waals surface area contributed by atoms with E-state index in [0.717, 1.165) is 23.1 Å². The minimum Gasteiger partial charge on any atom is -0.490 e.